The lowest BCUT2D eigenvalue weighted by Crippen LogP contribution is -2.71. The summed E-state index contributed by atoms with van der Waals surface area (Å²) < 4.78 is 39.0. The summed E-state index contributed by atoms with van der Waals surface area (Å²) in [6.45, 7) is 0.230. The van der Waals surface area contributed by atoms with Crippen LogP contribution in [0.2, 0.25) is 0 Å². The molecule has 2 atom stereocenters. The van der Waals surface area contributed by atoms with Crippen LogP contribution in [-0.4, -0.2) is 89.2 Å². The van der Waals surface area contributed by atoms with Crippen molar-refractivity contribution >= 4 is 68.0 Å². The van der Waals surface area contributed by atoms with Gasteiger partial charge in [-0.1, -0.05) is 10.3 Å². The van der Waals surface area contributed by atoms with Crippen molar-refractivity contribution in [3.8, 4) is 0 Å². The molecular formula is C19H19N9O9S3. The van der Waals surface area contributed by atoms with Gasteiger partial charge < -0.3 is 25.8 Å². The van der Waals surface area contributed by atoms with E-state index in [0.29, 0.717) is 11.3 Å². The number of thioether (sulfide) groups is 1. The molecule has 212 valence electrons. The number of hydrogen-bond donors (Lipinski definition) is 4. The molecule has 21 heteroatoms. The van der Waals surface area contributed by atoms with Gasteiger partial charge in [0.15, 0.2) is 11.3 Å². The Labute approximate surface area is 232 Å². The number of carbonyl (C=O) groups is 3. The Morgan fingerprint density at radius 1 is 1.40 bits per heavy atom. The Kier molecular flexibility index (Phi) is 8.29. The highest BCUT2D eigenvalue weighted by Crippen LogP contribution is 2.40. The Bertz CT molecular complexity index is 1640. The second-order valence-electron chi connectivity index (χ2n) is 7.88. The minimum atomic E-state index is -4.67. The summed E-state index contributed by atoms with van der Waals surface area (Å²) in [6.07, 6.45) is 5.16. The van der Waals surface area contributed by atoms with Gasteiger partial charge in [-0.2, -0.15) is 17.8 Å². The van der Waals surface area contributed by atoms with E-state index in [1.807, 2.05) is 10.6 Å². The fourth-order valence-electron chi connectivity index (χ4n) is 3.89. The maximum atomic E-state index is 13.0. The van der Waals surface area contributed by atoms with Crippen LogP contribution in [0.1, 0.15) is 5.82 Å². The molecule has 0 aliphatic carbocycles. The zero-order chi connectivity index (χ0) is 29.2. The number of nitrogen functional groups attached to an aromatic ring is 1. The number of anilines is 1. The predicted molar refractivity (Wildman–Crippen MR) is 134 cm³/mol. The first kappa shape index (κ1) is 28.8. The second-order valence-corrected chi connectivity index (χ2v) is 10.7. The molecule has 40 heavy (non-hydrogen) atoms. The minimum absolute atomic E-state index is 0.0457. The van der Waals surface area contributed by atoms with Crippen LogP contribution in [0.4, 0.5) is 5.13 Å². The standard InChI is InChI=1S/C19H17N9O5S2.H2O4S/c1-33-24-11(14-23-19(20)35-25-14)15(29)22-12-16(30)28-13(18(31)32)9(8-34-17(12)28)7-26-5-6-27-10(26)3-2-4-21-27;1-5(2,3)4/h2-6,12,17H,7-8H2,1H3,(H3-,20,22,23,25,29,31,32);(H2,1,2,3,4)/b24-11+;/t12-,17-;/m1./s1. The zero-order valence-electron chi connectivity index (χ0n) is 20.1. The second kappa shape index (κ2) is 11.5. The van der Waals surface area contributed by atoms with Crippen LogP contribution in [0.3, 0.4) is 0 Å². The number of carboxylic acids is 1. The fraction of sp³-hybridized carbons (Fsp3) is 0.263. The molecule has 1 fully saturated rings. The molecule has 0 aromatic carbocycles. The lowest BCUT2D eigenvalue weighted by molar-refractivity contribution is -0.662. The number of imidazole rings is 1. The van der Waals surface area contributed by atoms with Gasteiger partial charge in [-0.05, 0) is 6.07 Å². The quantitative estimate of drug-likeness (QED) is 0.0675. The van der Waals surface area contributed by atoms with E-state index in [-0.39, 0.29) is 28.9 Å². The molecule has 5 N–H and O–H groups in total. The average molecular weight is 614 g/mol. The largest absolute Gasteiger partial charge is 0.543 e. The number of nitrogens with zero attached hydrogens (tertiary/aromatic N) is 7. The van der Waals surface area contributed by atoms with E-state index in [2.05, 4.69) is 24.9 Å². The molecule has 5 heterocycles. The van der Waals surface area contributed by atoms with E-state index in [0.717, 1.165) is 22.1 Å². The smallest absolute Gasteiger partial charge is 0.394 e. The highest BCUT2D eigenvalue weighted by molar-refractivity contribution is 8.00. The highest BCUT2D eigenvalue weighted by atomic mass is 32.3. The lowest BCUT2D eigenvalue weighted by atomic mass is 10.0. The molecule has 3 aromatic heterocycles. The number of hydrogen-bond acceptors (Lipinski definition) is 14. The molecule has 2 aliphatic heterocycles. The first-order chi connectivity index (χ1) is 18.9. The van der Waals surface area contributed by atoms with E-state index in [4.69, 9.17) is 28.1 Å². The van der Waals surface area contributed by atoms with Crippen LogP contribution < -0.4 is 20.7 Å². The molecule has 5 rings (SSSR count). The third-order valence-corrected chi connectivity index (χ3v) is 7.26. The number of nitrogens with two attached hydrogens (primary N) is 1. The fourth-order valence-corrected chi connectivity index (χ4v) is 5.66. The number of β-lactam (4-membered cyclic amide) rings is 1. The van der Waals surface area contributed by atoms with Gasteiger partial charge in [0.05, 0.1) is 17.9 Å². The molecule has 0 bridgehead atoms. The van der Waals surface area contributed by atoms with Crippen molar-refractivity contribution < 1.29 is 46.4 Å². The first-order valence-electron chi connectivity index (χ1n) is 10.8. The molecule has 2 amide bonds. The third-order valence-electron chi connectivity index (χ3n) is 5.38. The average Bonchev–Trinajstić information content (AvgIpc) is 3.50. The number of carbonyl (C=O) groups excluding carboxylic acids is 3. The van der Waals surface area contributed by atoms with Gasteiger partial charge in [-0.25, -0.2) is 4.57 Å². The van der Waals surface area contributed by atoms with E-state index in [9.17, 15) is 19.5 Å². The summed E-state index contributed by atoms with van der Waals surface area (Å²) in [7, 11) is -3.42. The molecule has 0 radical (unpaired) electrons. The number of amides is 2. The summed E-state index contributed by atoms with van der Waals surface area (Å²) in [6, 6.07) is 2.64. The van der Waals surface area contributed by atoms with E-state index < -0.39 is 39.6 Å². The van der Waals surface area contributed by atoms with Crippen molar-refractivity contribution in [3.05, 3.63) is 47.8 Å². The molecule has 0 saturated carbocycles. The number of fused-ring (bicyclic) bond motifs is 2. The SMILES string of the molecule is CO/N=C(/C(=O)N[C@@H]1C(=O)N2C(C(=O)[O-])=C(C[n+]3ccn4ncccc43)CS[C@H]12)c1nsc(N)n1.O=S(=O)(O)O. The third kappa shape index (κ3) is 6.17. The lowest BCUT2D eigenvalue weighted by Gasteiger charge is -2.50. The van der Waals surface area contributed by atoms with Crippen molar-refractivity contribution in [1.82, 2.24) is 29.2 Å². The Morgan fingerprint density at radius 3 is 2.75 bits per heavy atom. The summed E-state index contributed by atoms with van der Waals surface area (Å²) in [5, 5.41) is 22.0. The van der Waals surface area contributed by atoms with Gasteiger partial charge in [0.25, 0.3) is 11.8 Å². The van der Waals surface area contributed by atoms with Crippen LogP contribution >= 0.6 is 23.3 Å². The maximum Gasteiger partial charge on any atom is 0.394 e. The van der Waals surface area contributed by atoms with Gasteiger partial charge in [-0.15, -0.1) is 16.3 Å². The summed E-state index contributed by atoms with van der Waals surface area (Å²) in [4.78, 5) is 47.6. The van der Waals surface area contributed by atoms with Gasteiger partial charge in [0.2, 0.25) is 11.5 Å². The van der Waals surface area contributed by atoms with Crippen LogP contribution in [0.25, 0.3) is 5.65 Å². The number of aliphatic carboxylic acids is 1. The van der Waals surface area contributed by atoms with Crippen molar-refractivity contribution in [3.63, 3.8) is 0 Å². The monoisotopic (exact) mass is 613 g/mol. The van der Waals surface area contributed by atoms with Crippen LogP contribution in [0.15, 0.2) is 47.1 Å². The van der Waals surface area contributed by atoms with Crippen LogP contribution in [-0.2, 0) is 36.2 Å². The predicted octanol–water partition coefficient (Wildman–Crippen LogP) is -3.14. The minimum Gasteiger partial charge on any atom is -0.543 e. The van der Waals surface area contributed by atoms with Crippen molar-refractivity contribution in [2.45, 2.75) is 18.0 Å². The van der Waals surface area contributed by atoms with E-state index >= 15 is 0 Å². The normalized spacial score (nSPS) is 18.9. The van der Waals surface area contributed by atoms with E-state index in [1.54, 1.807) is 29.2 Å². The van der Waals surface area contributed by atoms with Gasteiger partial charge in [0.1, 0.15) is 31.3 Å². The number of aromatic nitrogens is 5. The molecule has 3 aromatic rings. The van der Waals surface area contributed by atoms with Gasteiger partial charge in [0, 0.05) is 28.9 Å². The number of carboxylic acid groups (broad SMARTS) is 1. The Morgan fingerprint density at radius 2 is 2.12 bits per heavy atom. The van der Waals surface area contributed by atoms with Gasteiger partial charge >= 0.3 is 16.0 Å². The number of oxime groups is 1. The first-order valence-corrected chi connectivity index (χ1v) is 14.0. The summed E-state index contributed by atoms with van der Waals surface area (Å²) in [5.41, 5.74) is 6.39. The topological polar surface area (TPSA) is 259 Å². The molecule has 0 unspecified atom stereocenters. The summed E-state index contributed by atoms with van der Waals surface area (Å²) >= 11 is 2.21. The molecule has 0 spiro atoms. The van der Waals surface area contributed by atoms with Crippen molar-refractivity contribution in [2.75, 3.05) is 18.6 Å². The highest BCUT2D eigenvalue weighted by Gasteiger charge is 2.53. The van der Waals surface area contributed by atoms with E-state index in [1.165, 1.54) is 18.9 Å². The molecular weight excluding hydrogens is 594 g/mol. The Hall–Kier alpha value is -4.18. The van der Waals surface area contributed by atoms with Crippen molar-refractivity contribution in [2.24, 2.45) is 5.16 Å². The molecule has 2 aliphatic rings. The van der Waals surface area contributed by atoms with Crippen molar-refractivity contribution in [1.29, 1.82) is 0 Å². The summed E-state index contributed by atoms with van der Waals surface area (Å²) in [5.74, 6) is -2.53. The number of rotatable bonds is 7. The number of nitrogens with one attached hydrogen (secondary N) is 1. The molecule has 18 nitrogen and oxygen atoms in total. The van der Waals surface area contributed by atoms with Gasteiger partial charge in [-0.3, -0.25) is 23.6 Å². The molecule has 1 saturated heterocycles. The Balaban J connectivity index is 0.000000681. The maximum absolute atomic E-state index is 13.0. The van der Waals surface area contributed by atoms with Crippen LogP contribution in [0.5, 0.6) is 0 Å². The zero-order valence-corrected chi connectivity index (χ0v) is 22.6. The van der Waals surface area contributed by atoms with Crippen LogP contribution in [0, 0.1) is 0 Å².